The first-order valence-electron chi connectivity index (χ1n) is 14.4. The highest BCUT2D eigenvalue weighted by atomic mass is 32.2. The van der Waals surface area contributed by atoms with Crippen LogP contribution in [0.15, 0.2) is 59.6 Å². The quantitative estimate of drug-likeness (QED) is 0.311. The van der Waals surface area contributed by atoms with Gasteiger partial charge in [-0.15, -0.1) is 0 Å². The number of benzene rings is 2. The minimum Gasteiger partial charge on any atom is -0.369 e. The van der Waals surface area contributed by atoms with Gasteiger partial charge in [0.15, 0.2) is 11.5 Å². The summed E-state index contributed by atoms with van der Waals surface area (Å²) in [6.45, 7) is 6.52. The molecule has 0 radical (unpaired) electrons. The molecule has 3 heterocycles. The van der Waals surface area contributed by atoms with Crippen LogP contribution in [-0.2, 0) is 0 Å². The summed E-state index contributed by atoms with van der Waals surface area (Å²) >= 11 is -0.223. The van der Waals surface area contributed by atoms with E-state index in [0.717, 1.165) is 44.0 Å². The van der Waals surface area contributed by atoms with Crippen molar-refractivity contribution in [3.63, 3.8) is 0 Å². The second-order valence-electron chi connectivity index (χ2n) is 11.0. The maximum Gasteiger partial charge on any atom is 0.446 e. The molecule has 2 amide bonds. The van der Waals surface area contributed by atoms with E-state index in [1.165, 1.54) is 30.5 Å². The van der Waals surface area contributed by atoms with Crippen LogP contribution in [0, 0.1) is 0 Å². The van der Waals surface area contributed by atoms with Gasteiger partial charge in [0.25, 0.3) is 11.8 Å². The molecule has 0 bridgehead atoms. The first-order chi connectivity index (χ1) is 21.0. The number of piperidine rings is 1. The van der Waals surface area contributed by atoms with Crippen molar-refractivity contribution in [2.75, 3.05) is 54.9 Å². The number of aromatic nitrogens is 2. The molecular weight excluding hydrogens is 593 g/mol. The topological polar surface area (TPSA) is 120 Å². The van der Waals surface area contributed by atoms with Gasteiger partial charge < -0.3 is 31.1 Å². The number of piperazine rings is 1. The maximum atomic E-state index is 13.0. The number of primary amides is 1. The maximum absolute atomic E-state index is 13.0. The summed E-state index contributed by atoms with van der Waals surface area (Å²) in [5.74, 6) is -0.328. The molecule has 44 heavy (non-hydrogen) atoms. The van der Waals surface area contributed by atoms with Crippen molar-refractivity contribution in [2.24, 2.45) is 5.73 Å². The highest BCUT2D eigenvalue weighted by Gasteiger charge is 2.32. The van der Waals surface area contributed by atoms with Crippen LogP contribution in [0.2, 0.25) is 0 Å². The number of nitrogens with zero attached hydrogens (tertiary/aromatic N) is 5. The van der Waals surface area contributed by atoms with Crippen LogP contribution >= 0.6 is 11.8 Å². The molecule has 0 saturated carbocycles. The lowest BCUT2D eigenvalue weighted by atomic mass is 9.97. The molecule has 234 valence electrons. The number of alkyl halides is 3. The number of likely N-dealkylation sites (N-methyl/N-ethyl adjacent to an activating group) is 1. The number of hydrogen-bond donors (Lipinski definition) is 3. The summed E-state index contributed by atoms with van der Waals surface area (Å²) in [6.07, 6.45) is 2.97. The van der Waals surface area contributed by atoms with Gasteiger partial charge in [0.1, 0.15) is 5.82 Å². The van der Waals surface area contributed by atoms with Crippen LogP contribution in [-0.4, -0.2) is 84.0 Å². The van der Waals surface area contributed by atoms with Crippen LogP contribution in [0.4, 0.5) is 36.2 Å². The predicted octanol–water partition coefficient (Wildman–Crippen LogP) is 4.47. The minimum absolute atomic E-state index is 0.0125. The second-order valence-corrected chi connectivity index (χ2v) is 12.1. The lowest BCUT2D eigenvalue weighted by Gasteiger charge is -2.40. The summed E-state index contributed by atoms with van der Waals surface area (Å²) in [5.41, 5.74) is 3.36. The molecule has 2 aliphatic heterocycles. The van der Waals surface area contributed by atoms with Gasteiger partial charge in [-0.2, -0.15) is 13.2 Å². The molecule has 2 fully saturated rings. The molecule has 0 spiro atoms. The van der Waals surface area contributed by atoms with Gasteiger partial charge in [0, 0.05) is 66.6 Å². The standard InChI is InChI=1S/C30H35F3N8O2S/c1-19-24(37-29(43)20-5-11-23(12-6-20)44-30(31,32)33)4-3-13-41(19)25-18-35-26(27(34)42)28(38-25)36-21-7-9-22(10-8-21)40-16-14-39(2)15-17-40/h5-12,18-19,24H,3-4,13-17H2,1-2H3,(H2,34,42)(H,36,38)(H,37,43)/t19-,24-/m1/s1. The van der Waals surface area contributed by atoms with Gasteiger partial charge in [0.05, 0.1) is 6.20 Å². The zero-order chi connectivity index (χ0) is 31.4. The lowest BCUT2D eigenvalue weighted by Crippen LogP contribution is -2.54. The molecule has 4 N–H and O–H groups in total. The van der Waals surface area contributed by atoms with Crippen molar-refractivity contribution in [3.8, 4) is 0 Å². The SMILES string of the molecule is C[C@@H]1[C@H](NC(=O)c2ccc(SC(F)(F)F)cc2)CCCN1c1cnc(C(N)=O)c(Nc2ccc(N3CCN(C)CC3)cc2)n1. The summed E-state index contributed by atoms with van der Waals surface area (Å²) in [5, 5.41) is 6.22. The average Bonchev–Trinajstić information content (AvgIpc) is 2.98. The third-order valence-electron chi connectivity index (χ3n) is 7.94. The van der Waals surface area contributed by atoms with E-state index in [4.69, 9.17) is 10.7 Å². The fraction of sp³-hybridized carbons (Fsp3) is 0.400. The predicted molar refractivity (Wildman–Crippen MR) is 166 cm³/mol. The molecule has 5 rings (SSSR count). The summed E-state index contributed by atoms with van der Waals surface area (Å²) in [6, 6.07) is 12.8. The molecule has 1 aromatic heterocycles. The number of halogens is 3. The van der Waals surface area contributed by atoms with Crippen LogP contribution in [0.3, 0.4) is 0 Å². The Morgan fingerprint density at radius 3 is 2.32 bits per heavy atom. The fourth-order valence-corrected chi connectivity index (χ4v) is 6.00. The number of carbonyl (C=O) groups excluding carboxylic acids is 2. The van der Waals surface area contributed by atoms with E-state index in [9.17, 15) is 22.8 Å². The fourth-order valence-electron chi connectivity index (χ4n) is 5.46. The lowest BCUT2D eigenvalue weighted by molar-refractivity contribution is -0.0328. The molecule has 14 heteroatoms. The molecule has 2 atom stereocenters. The van der Waals surface area contributed by atoms with Crippen LogP contribution < -0.4 is 26.2 Å². The average molecular weight is 629 g/mol. The monoisotopic (exact) mass is 628 g/mol. The molecule has 2 aliphatic rings. The van der Waals surface area contributed by atoms with E-state index in [-0.39, 0.29) is 51.7 Å². The van der Waals surface area contributed by atoms with E-state index >= 15 is 0 Å². The number of rotatable bonds is 8. The zero-order valence-corrected chi connectivity index (χ0v) is 25.3. The number of hydrogen-bond acceptors (Lipinski definition) is 9. The molecule has 0 aliphatic carbocycles. The second kappa shape index (κ2) is 13.3. The van der Waals surface area contributed by atoms with Crippen molar-refractivity contribution in [2.45, 2.75) is 42.3 Å². The van der Waals surface area contributed by atoms with Crippen LogP contribution in [0.5, 0.6) is 0 Å². The zero-order valence-electron chi connectivity index (χ0n) is 24.5. The smallest absolute Gasteiger partial charge is 0.369 e. The molecular formula is C30H35F3N8O2S. The Balaban J connectivity index is 1.28. The van der Waals surface area contributed by atoms with Crippen molar-refractivity contribution < 1.29 is 22.8 Å². The van der Waals surface area contributed by atoms with Crippen LogP contribution in [0.1, 0.15) is 40.6 Å². The van der Waals surface area contributed by atoms with E-state index in [1.807, 2.05) is 36.1 Å². The normalized spacial score (nSPS) is 19.5. The highest BCUT2D eigenvalue weighted by Crippen LogP contribution is 2.36. The van der Waals surface area contributed by atoms with Gasteiger partial charge in [0.2, 0.25) is 0 Å². The Labute approximate surface area is 258 Å². The first-order valence-corrected chi connectivity index (χ1v) is 15.2. The Kier molecular flexibility index (Phi) is 9.49. The van der Waals surface area contributed by atoms with Gasteiger partial charge >= 0.3 is 5.51 Å². The molecule has 0 unspecified atom stereocenters. The van der Waals surface area contributed by atoms with Crippen molar-refractivity contribution in [1.82, 2.24) is 20.2 Å². The van der Waals surface area contributed by atoms with E-state index in [2.05, 4.69) is 32.5 Å². The van der Waals surface area contributed by atoms with E-state index in [0.29, 0.717) is 18.8 Å². The Bertz CT molecular complexity index is 1460. The Hall–Kier alpha value is -4.04. The third-order valence-corrected chi connectivity index (χ3v) is 8.68. The third kappa shape index (κ3) is 7.72. The van der Waals surface area contributed by atoms with Gasteiger partial charge in [-0.05, 0) is 87.1 Å². The Morgan fingerprint density at radius 1 is 1.00 bits per heavy atom. The number of nitrogens with two attached hydrogens (primary N) is 1. The summed E-state index contributed by atoms with van der Waals surface area (Å²) in [4.78, 5) is 40.9. The minimum atomic E-state index is -4.39. The number of nitrogens with one attached hydrogen (secondary N) is 2. The number of anilines is 4. The van der Waals surface area contributed by atoms with Gasteiger partial charge in [-0.1, -0.05) is 0 Å². The summed E-state index contributed by atoms with van der Waals surface area (Å²) < 4.78 is 38.0. The molecule has 2 saturated heterocycles. The van der Waals surface area contributed by atoms with Crippen molar-refractivity contribution in [3.05, 3.63) is 66.0 Å². The van der Waals surface area contributed by atoms with E-state index in [1.54, 1.807) is 0 Å². The van der Waals surface area contributed by atoms with E-state index < -0.39 is 11.4 Å². The van der Waals surface area contributed by atoms with Crippen molar-refractivity contribution >= 4 is 46.6 Å². The summed E-state index contributed by atoms with van der Waals surface area (Å²) in [7, 11) is 2.11. The van der Waals surface area contributed by atoms with Crippen LogP contribution in [0.25, 0.3) is 0 Å². The number of thioether (sulfide) groups is 1. The largest absolute Gasteiger partial charge is 0.446 e. The number of amides is 2. The van der Waals surface area contributed by atoms with Crippen molar-refractivity contribution in [1.29, 1.82) is 0 Å². The highest BCUT2D eigenvalue weighted by molar-refractivity contribution is 8.00. The van der Waals surface area contributed by atoms with Gasteiger partial charge in [-0.3, -0.25) is 9.59 Å². The Morgan fingerprint density at radius 2 is 1.68 bits per heavy atom. The van der Waals surface area contributed by atoms with Gasteiger partial charge in [-0.25, -0.2) is 9.97 Å². The molecule has 3 aromatic rings. The molecule has 2 aromatic carbocycles. The molecule has 10 nitrogen and oxygen atoms in total. The number of carbonyl (C=O) groups is 2. The first kappa shape index (κ1) is 31.4.